The van der Waals surface area contributed by atoms with Crippen molar-refractivity contribution < 1.29 is 9.53 Å². The summed E-state index contributed by atoms with van der Waals surface area (Å²) in [7, 11) is 1.63. The third kappa shape index (κ3) is 3.78. The lowest BCUT2D eigenvalue weighted by atomic mass is 10.0. The van der Waals surface area contributed by atoms with E-state index in [1.165, 1.54) is 37.7 Å². The van der Waals surface area contributed by atoms with E-state index in [1.807, 2.05) is 37.7 Å². The molecule has 0 unspecified atom stereocenters. The van der Waals surface area contributed by atoms with Crippen molar-refractivity contribution in [3.63, 3.8) is 0 Å². The van der Waals surface area contributed by atoms with Gasteiger partial charge in [0, 0.05) is 5.25 Å². The van der Waals surface area contributed by atoms with Gasteiger partial charge in [0.25, 0.3) is 0 Å². The molecule has 20 heavy (non-hydrogen) atoms. The molecule has 2 rings (SSSR count). The molecule has 0 aromatic heterocycles. The molecule has 0 saturated heterocycles. The fourth-order valence-electron chi connectivity index (χ4n) is 2.68. The molecule has 1 aromatic carbocycles. The summed E-state index contributed by atoms with van der Waals surface area (Å²) in [5.74, 6) is 1.48. The van der Waals surface area contributed by atoms with Gasteiger partial charge in [0.15, 0.2) is 5.78 Å². The molecule has 1 fully saturated rings. The first-order chi connectivity index (χ1) is 9.61. The van der Waals surface area contributed by atoms with E-state index in [1.54, 1.807) is 7.11 Å². The number of hydrogen-bond acceptors (Lipinski definition) is 3. The minimum Gasteiger partial charge on any atom is -0.496 e. The van der Waals surface area contributed by atoms with Crippen LogP contribution in [0.5, 0.6) is 5.75 Å². The summed E-state index contributed by atoms with van der Waals surface area (Å²) in [6.07, 6.45) is 6.53. The summed E-state index contributed by atoms with van der Waals surface area (Å²) in [5.41, 5.74) is 3.05. The highest BCUT2D eigenvalue weighted by atomic mass is 32.2. The van der Waals surface area contributed by atoms with E-state index < -0.39 is 0 Å². The predicted octanol–water partition coefficient (Wildman–Crippen LogP) is 4.56. The van der Waals surface area contributed by atoms with Gasteiger partial charge in [-0.25, -0.2) is 0 Å². The number of rotatable bonds is 5. The van der Waals surface area contributed by atoms with Crippen molar-refractivity contribution >= 4 is 17.5 Å². The number of aryl methyl sites for hydroxylation is 2. The fourth-order valence-corrected chi connectivity index (χ4v) is 3.89. The van der Waals surface area contributed by atoms with E-state index >= 15 is 0 Å². The first kappa shape index (κ1) is 15.4. The largest absolute Gasteiger partial charge is 0.496 e. The molecule has 1 aliphatic rings. The quantitative estimate of drug-likeness (QED) is 0.744. The van der Waals surface area contributed by atoms with Crippen LogP contribution in [0.1, 0.15) is 53.6 Å². The molecule has 110 valence electrons. The molecule has 1 aromatic rings. The summed E-state index contributed by atoms with van der Waals surface area (Å²) in [6, 6.07) is 3.94. The summed E-state index contributed by atoms with van der Waals surface area (Å²) < 4.78 is 5.36. The minimum atomic E-state index is 0.195. The molecule has 3 heteroatoms. The van der Waals surface area contributed by atoms with Crippen LogP contribution in [0.25, 0.3) is 0 Å². The van der Waals surface area contributed by atoms with E-state index in [9.17, 15) is 4.79 Å². The number of carbonyl (C=O) groups is 1. The highest BCUT2D eigenvalue weighted by Gasteiger charge is 2.18. The number of benzene rings is 1. The molecule has 1 aliphatic carbocycles. The molecular formula is C17H24O2S. The Morgan fingerprint density at radius 2 is 1.85 bits per heavy atom. The van der Waals surface area contributed by atoms with Crippen LogP contribution in [-0.4, -0.2) is 23.9 Å². The maximum Gasteiger partial charge on any atom is 0.176 e. The molecule has 0 amide bonds. The lowest BCUT2D eigenvalue weighted by molar-refractivity contribution is 0.101. The zero-order chi connectivity index (χ0) is 14.5. The standard InChI is InChI=1S/C17H24O2S/c1-12-9-15(17(19-3)10-13(12)2)16(18)11-20-14-7-5-4-6-8-14/h9-10,14H,4-8,11H2,1-3H3. The third-order valence-electron chi connectivity index (χ3n) is 4.12. The summed E-state index contributed by atoms with van der Waals surface area (Å²) in [4.78, 5) is 12.4. The van der Waals surface area contributed by atoms with Crippen molar-refractivity contribution in [1.82, 2.24) is 0 Å². The summed E-state index contributed by atoms with van der Waals surface area (Å²) in [6.45, 7) is 4.09. The molecule has 0 bridgehead atoms. The molecule has 0 radical (unpaired) electrons. The zero-order valence-corrected chi connectivity index (χ0v) is 13.5. The Kier molecular flexibility index (Phi) is 5.53. The Bertz CT molecular complexity index is 476. The summed E-state index contributed by atoms with van der Waals surface area (Å²) >= 11 is 1.82. The fraction of sp³-hybridized carbons (Fsp3) is 0.588. The normalized spacial score (nSPS) is 16.1. The first-order valence-corrected chi connectivity index (χ1v) is 8.46. The first-order valence-electron chi connectivity index (χ1n) is 7.42. The topological polar surface area (TPSA) is 26.3 Å². The molecule has 0 spiro atoms. The van der Waals surface area contributed by atoms with Crippen LogP contribution in [0.2, 0.25) is 0 Å². The number of methoxy groups -OCH3 is 1. The maximum absolute atomic E-state index is 12.4. The lowest BCUT2D eigenvalue weighted by Crippen LogP contribution is -2.13. The van der Waals surface area contributed by atoms with Gasteiger partial charge in [-0.3, -0.25) is 4.79 Å². The molecule has 0 N–H and O–H groups in total. The van der Waals surface area contributed by atoms with Gasteiger partial charge in [-0.05, 0) is 49.9 Å². The van der Waals surface area contributed by atoms with E-state index in [0.717, 1.165) is 11.1 Å². The van der Waals surface area contributed by atoms with E-state index in [0.29, 0.717) is 16.8 Å². The van der Waals surface area contributed by atoms with Crippen molar-refractivity contribution in [3.8, 4) is 5.75 Å². The number of Topliss-reactive ketones (excluding diaryl/α,β-unsaturated/α-hetero) is 1. The smallest absolute Gasteiger partial charge is 0.176 e. The van der Waals surface area contributed by atoms with Gasteiger partial charge in [0.2, 0.25) is 0 Å². The second kappa shape index (κ2) is 7.16. The van der Waals surface area contributed by atoms with E-state index in [-0.39, 0.29) is 5.78 Å². The predicted molar refractivity (Wildman–Crippen MR) is 86.1 cm³/mol. The highest BCUT2D eigenvalue weighted by molar-refractivity contribution is 8.00. The van der Waals surface area contributed by atoms with Gasteiger partial charge in [-0.2, -0.15) is 11.8 Å². The van der Waals surface area contributed by atoms with Crippen LogP contribution >= 0.6 is 11.8 Å². The Balaban J connectivity index is 2.02. The van der Waals surface area contributed by atoms with E-state index in [4.69, 9.17) is 4.74 Å². The van der Waals surface area contributed by atoms with Gasteiger partial charge in [0.1, 0.15) is 5.75 Å². The van der Waals surface area contributed by atoms with Crippen molar-refractivity contribution in [2.24, 2.45) is 0 Å². The van der Waals surface area contributed by atoms with Gasteiger partial charge < -0.3 is 4.74 Å². The van der Waals surface area contributed by atoms with Crippen LogP contribution in [0.4, 0.5) is 0 Å². The zero-order valence-electron chi connectivity index (χ0n) is 12.7. The second-order valence-corrected chi connectivity index (χ2v) is 6.92. The van der Waals surface area contributed by atoms with E-state index in [2.05, 4.69) is 0 Å². The van der Waals surface area contributed by atoms with Crippen molar-refractivity contribution in [2.75, 3.05) is 12.9 Å². The monoisotopic (exact) mass is 292 g/mol. The van der Waals surface area contributed by atoms with Crippen molar-refractivity contribution in [2.45, 2.75) is 51.2 Å². The van der Waals surface area contributed by atoms with Gasteiger partial charge >= 0.3 is 0 Å². The number of ether oxygens (including phenoxy) is 1. The lowest BCUT2D eigenvalue weighted by Gasteiger charge is -2.20. The Hall–Kier alpha value is -0.960. The molecule has 0 aliphatic heterocycles. The summed E-state index contributed by atoms with van der Waals surface area (Å²) in [5, 5.41) is 0.672. The Morgan fingerprint density at radius 3 is 2.50 bits per heavy atom. The van der Waals surface area contributed by atoms with Crippen LogP contribution in [0, 0.1) is 13.8 Å². The Morgan fingerprint density at radius 1 is 1.20 bits per heavy atom. The van der Waals surface area contributed by atoms with Crippen LogP contribution in [-0.2, 0) is 0 Å². The van der Waals surface area contributed by atoms with Crippen molar-refractivity contribution in [3.05, 3.63) is 28.8 Å². The van der Waals surface area contributed by atoms with Crippen LogP contribution in [0.15, 0.2) is 12.1 Å². The molecular weight excluding hydrogens is 268 g/mol. The second-order valence-electron chi connectivity index (χ2n) is 5.63. The molecule has 2 nitrogen and oxygen atoms in total. The Labute approximate surface area is 126 Å². The van der Waals surface area contributed by atoms with Gasteiger partial charge in [-0.1, -0.05) is 19.3 Å². The average molecular weight is 292 g/mol. The SMILES string of the molecule is COc1cc(C)c(C)cc1C(=O)CSC1CCCCC1. The maximum atomic E-state index is 12.4. The minimum absolute atomic E-state index is 0.195. The number of thioether (sulfide) groups is 1. The third-order valence-corrected chi connectivity index (χ3v) is 5.49. The van der Waals surface area contributed by atoms with Gasteiger partial charge in [0.05, 0.1) is 18.4 Å². The van der Waals surface area contributed by atoms with Crippen LogP contribution in [0.3, 0.4) is 0 Å². The van der Waals surface area contributed by atoms with Crippen molar-refractivity contribution in [1.29, 1.82) is 0 Å². The number of hydrogen-bond donors (Lipinski definition) is 0. The number of ketones is 1. The average Bonchev–Trinajstić information content (AvgIpc) is 2.48. The molecule has 0 atom stereocenters. The van der Waals surface area contributed by atoms with Crippen LogP contribution < -0.4 is 4.74 Å². The molecule has 1 saturated carbocycles. The molecule has 0 heterocycles. The highest BCUT2D eigenvalue weighted by Crippen LogP contribution is 2.30. The number of carbonyl (C=O) groups excluding carboxylic acids is 1. The van der Waals surface area contributed by atoms with Gasteiger partial charge in [-0.15, -0.1) is 0 Å².